The topological polar surface area (TPSA) is 96.0 Å². The Morgan fingerprint density at radius 1 is 0.842 bits per heavy atom. The summed E-state index contributed by atoms with van der Waals surface area (Å²) in [7, 11) is 0. The van der Waals surface area contributed by atoms with Crippen LogP contribution in [0.5, 0.6) is 0 Å². The number of hydrogen-bond acceptors (Lipinski definition) is 7. The van der Waals surface area contributed by atoms with Crippen LogP contribution in [0.1, 0.15) is 106 Å². The van der Waals surface area contributed by atoms with Crippen molar-refractivity contribution in [2.24, 2.45) is 46.3 Å². The monoisotopic (exact) mass is 532 g/mol. The number of Topliss-reactive ketones (excluding diaryl/α,β-unsaturated/α-hetero) is 1. The van der Waals surface area contributed by atoms with Gasteiger partial charge in [0.25, 0.3) is 0 Å². The number of carbonyl (C=O) groups excluding carboxylic acids is 4. The Balaban J connectivity index is 1.43. The summed E-state index contributed by atoms with van der Waals surface area (Å²) in [5, 5.41) is 0. The molecule has 4 saturated carbocycles. The third-order valence-electron chi connectivity index (χ3n) is 11.1. The third-order valence-corrected chi connectivity index (χ3v) is 11.1. The first-order valence-electron chi connectivity index (χ1n) is 14.9. The van der Waals surface area contributed by atoms with Crippen molar-refractivity contribution in [1.29, 1.82) is 0 Å². The Morgan fingerprint density at radius 3 is 2.21 bits per heavy atom. The smallest absolute Gasteiger partial charge is 0.306 e. The second-order valence-electron chi connectivity index (χ2n) is 13.5. The van der Waals surface area contributed by atoms with Gasteiger partial charge >= 0.3 is 17.9 Å². The van der Waals surface area contributed by atoms with Crippen LogP contribution in [-0.4, -0.2) is 42.5 Å². The molecule has 4 aliphatic rings. The zero-order chi connectivity index (χ0) is 27.8. The van der Waals surface area contributed by atoms with Crippen molar-refractivity contribution in [2.45, 2.75) is 118 Å². The largest absolute Gasteiger partial charge is 0.466 e. The molecule has 0 radical (unpaired) electrons. The van der Waals surface area contributed by atoms with Crippen LogP contribution in [0.4, 0.5) is 0 Å². The van der Waals surface area contributed by atoms with Gasteiger partial charge in [-0.1, -0.05) is 20.8 Å². The van der Waals surface area contributed by atoms with Crippen LogP contribution in [0, 0.1) is 46.3 Å². The lowest BCUT2D eigenvalue weighted by Gasteiger charge is -2.60. The fourth-order valence-electron chi connectivity index (χ4n) is 9.33. The van der Waals surface area contributed by atoms with Gasteiger partial charge in [-0.25, -0.2) is 0 Å². The summed E-state index contributed by atoms with van der Waals surface area (Å²) < 4.78 is 16.7. The molecule has 0 aliphatic heterocycles. The van der Waals surface area contributed by atoms with E-state index in [0.29, 0.717) is 36.7 Å². The normalized spacial score (nSPS) is 40.6. The number of rotatable bonds is 8. The van der Waals surface area contributed by atoms with Crippen LogP contribution < -0.4 is 0 Å². The van der Waals surface area contributed by atoms with E-state index in [-0.39, 0.29) is 65.0 Å². The fraction of sp³-hybridized carbons (Fsp3) is 0.871. The predicted octanol–water partition coefficient (Wildman–Crippen LogP) is 5.67. The highest BCUT2D eigenvalue weighted by Crippen LogP contribution is 2.68. The van der Waals surface area contributed by atoms with Gasteiger partial charge in [0.05, 0.1) is 12.5 Å². The summed E-state index contributed by atoms with van der Waals surface area (Å²) in [6.07, 6.45) is 8.67. The lowest BCUT2D eigenvalue weighted by molar-refractivity contribution is -0.162. The van der Waals surface area contributed by atoms with Crippen molar-refractivity contribution < 1.29 is 33.4 Å². The molecule has 0 amide bonds. The molecule has 4 aliphatic carbocycles. The molecule has 214 valence electrons. The quantitative estimate of drug-likeness (QED) is 0.294. The first-order chi connectivity index (χ1) is 17.8. The molecule has 0 spiro atoms. The highest BCUT2D eigenvalue weighted by molar-refractivity contribution is 5.81. The molecule has 38 heavy (non-hydrogen) atoms. The number of carbonyl (C=O) groups is 4. The summed E-state index contributed by atoms with van der Waals surface area (Å²) in [6, 6.07) is 0. The second kappa shape index (κ2) is 11.3. The standard InChI is InChI=1S/C31H48O7/c1-18(17-36-20(3)33)7-10-28(35)38-27-16-26-24-9-8-22-15-23(37-21(4)34)11-13-30(22,5)25(24)12-14-31(26,6)29(27)19(2)32/h18,22-27,29H,7-17H2,1-6H3/t18?,22-,23-,24-,25+,26+,27+,29+,30+,31+/m1/s1. The molecule has 0 saturated heterocycles. The molecule has 0 heterocycles. The zero-order valence-electron chi connectivity index (χ0n) is 24.3. The van der Waals surface area contributed by atoms with Gasteiger partial charge < -0.3 is 14.2 Å². The number of fused-ring (bicyclic) bond motifs is 5. The van der Waals surface area contributed by atoms with Crippen LogP contribution in [0.25, 0.3) is 0 Å². The highest BCUT2D eigenvalue weighted by Gasteiger charge is 2.64. The maximum Gasteiger partial charge on any atom is 0.306 e. The van der Waals surface area contributed by atoms with E-state index in [1.165, 1.54) is 13.8 Å². The minimum Gasteiger partial charge on any atom is -0.466 e. The molecule has 0 bridgehead atoms. The Bertz CT molecular complexity index is 929. The van der Waals surface area contributed by atoms with Crippen LogP contribution in [0.2, 0.25) is 0 Å². The first kappa shape index (κ1) is 29.1. The van der Waals surface area contributed by atoms with Crippen LogP contribution >= 0.6 is 0 Å². The molecular formula is C31H48O7. The van der Waals surface area contributed by atoms with Gasteiger partial charge in [0.2, 0.25) is 0 Å². The lowest BCUT2D eigenvalue weighted by Crippen LogP contribution is -2.54. The summed E-state index contributed by atoms with van der Waals surface area (Å²) in [6.45, 7) is 11.6. The second-order valence-corrected chi connectivity index (χ2v) is 13.5. The molecular weight excluding hydrogens is 484 g/mol. The minimum absolute atomic E-state index is 0.0464. The van der Waals surface area contributed by atoms with E-state index in [1.807, 2.05) is 6.92 Å². The Morgan fingerprint density at radius 2 is 1.55 bits per heavy atom. The van der Waals surface area contributed by atoms with Crippen molar-refractivity contribution in [3.8, 4) is 0 Å². The van der Waals surface area contributed by atoms with Crippen molar-refractivity contribution in [3.05, 3.63) is 0 Å². The van der Waals surface area contributed by atoms with Gasteiger partial charge in [-0.05, 0) is 105 Å². The highest BCUT2D eigenvalue weighted by atomic mass is 16.5. The first-order valence-corrected chi connectivity index (χ1v) is 14.9. The van der Waals surface area contributed by atoms with Gasteiger partial charge in [-0.3, -0.25) is 19.2 Å². The summed E-state index contributed by atoms with van der Waals surface area (Å²) >= 11 is 0. The molecule has 10 atom stereocenters. The maximum atomic E-state index is 13.0. The SMILES string of the molecule is CC(=O)OCC(C)CCC(=O)O[C@H]1C[C@H]2[C@@H]3CC[C@@H]4C[C@H](OC(C)=O)CC[C@]4(C)[C@H]3CC[C@]2(C)[C@H]1C(C)=O. The number of ketones is 1. The van der Waals surface area contributed by atoms with Gasteiger partial charge in [-0.2, -0.15) is 0 Å². The van der Waals surface area contributed by atoms with E-state index in [2.05, 4.69) is 13.8 Å². The van der Waals surface area contributed by atoms with Crippen molar-refractivity contribution in [2.75, 3.05) is 6.61 Å². The van der Waals surface area contributed by atoms with E-state index >= 15 is 0 Å². The predicted molar refractivity (Wildman–Crippen MR) is 142 cm³/mol. The molecule has 0 aromatic heterocycles. The Hall–Kier alpha value is -1.92. The minimum atomic E-state index is -0.359. The van der Waals surface area contributed by atoms with E-state index in [1.54, 1.807) is 6.92 Å². The summed E-state index contributed by atoms with van der Waals surface area (Å²) in [5.41, 5.74) is 0.0954. The van der Waals surface area contributed by atoms with E-state index in [0.717, 1.165) is 51.4 Å². The maximum absolute atomic E-state index is 13.0. The summed E-state index contributed by atoms with van der Waals surface area (Å²) in [5.74, 6) is 1.29. The third kappa shape index (κ3) is 5.67. The molecule has 0 aromatic carbocycles. The molecule has 1 unspecified atom stereocenters. The van der Waals surface area contributed by atoms with Gasteiger partial charge in [0, 0.05) is 20.3 Å². The number of ether oxygens (including phenoxy) is 3. The summed E-state index contributed by atoms with van der Waals surface area (Å²) in [4.78, 5) is 48.5. The molecule has 7 heteroatoms. The van der Waals surface area contributed by atoms with Crippen molar-refractivity contribution >= 4 is 23.7 Å². The van der Waals surface area contributed by atoms with Crippen molar-refractivity contribution in [1.82, 2.24) is 0 Å². The molecule has 0 N–H and O–H groups in total. The average Bonchev–Trinajstić information content (AvgIpc) is 3.13. The fourth-order valence-corrected chi connectivity index (χ4v) is 9.33. The number of esters is 3. The van der Waals surface area contributed by atoms with E-state index < -0.39 is 0 Å². The zero-order valence-corrected chi connectivity index (χ0v) is 24.3. The van der Waals surface area contributed by atoms with E-state index in [4.69, 9.17) is 14.2 Å². The van der Waals surface area contributed by atoms with Crippen molar-refractivity contribution in [3.63, 3.8) is 0 Å². The molecule has 0 aromatic rings. The van der Waals surface area contributed by atoms with Gasteiger partial charge in [0.1, 0.15) is 18.0 Å². The number of hydrogen-bond donors (Lipinski definition) is 0. The Kier molecular flexibility index (Phi) is 8.64. The van der Waals surface area contributed by atoms with Crippen LogP contribution in [0.15, 0.2) is 0 Å². The van der Waals surface area contributed by atoms with E-state index in [9.17, 15) is 19.2 Å². The molecule has 4 fully saturated rings. The van der Waals surface area contributed by atoms with Crippen LogP contribution in [0.3, 0.4) is 0 Å². The van der Waals surface area contributed by atoms with Gasteiger partial charge in [0.15, 0.2) is 0 Å². The average molecular weight is 533 g/mol. The Labute approximate surface area is 228 Å². The molecule has 7 nitrogen and oxygen atoms in total. The molecule has 4 rings (SSSR count). The van der Waals surface area contributed by atoms with Gasteiger partial charge in [-0.15, -0.1) is 0 Å². The van der Waals surface area contributed by atoms with Crippen LogP contribution in [-0.2, 0) is 33.4 Å². The lowest BCUT2D eigenvalue weighted by atomic mass is 9.44.